The van der Waals surface area contributed by atoms with Crippen molar-refractivity contribution >= 4 is 23.2 Å². The van der Waals surface area contributed by atoms with Gasteiger partial charge in [-0.15, -0.1) is 0 Å². The predicted octanol–water partition coefficient (Wildman–Crippen LogP) is 2.59. The first-order valence-corrected chi connectivity index (χ1v) is 5.87. The summed E-state index contributed by atoms with van der Waals surface area (Å²) in [6.07, 6.45) is 2.94. The summed E-state index contributed by atoms with van der Waals surface area (Å²) in [6.45, 7) is 0.393. The van der Waals surface area contributed by atoms with Gasteiger partial charge in [-0.25, -0.2) is 4.39 Å². The van der Waals surface area contributed by atoms with Crippen LogP contribution in [-0.4, -0.2) is 10.9 Å². The molecular weight excluding hydrogens is 269 g/mol. The molecule has 0 spiro atoms. The number of primary amides is 1. The largest absolute Gasteiger partial charge is 0.380 e. The summed E-state index contributed by atoms with van der Waals surface area (Å²) in [5.41, 5.74) is 6.90. The van der Waals surface area contributed by atoms with Crippen LogP contribution in [0, 0.1) is 5.82 Å². The van der Waals surface area contributed by atoms with E-state index in [1.54, 1.807) is 18.3 Å². The summed E-state index contributed by atoms with van der Waals surface area (Å²) >= 11 is 5.69. The minimum absolute atomic E-state index is 0.0594. The van der Waals surface area contributed by atoms with E-state index in [4.69, 9.17) is 17.3 Å². The smallest absolute Gasteiger partial charge is 0.252 e. The number of rotatable bonds is 4. The van der Waals surface area contributed by atoms with E-state index in [0.29, 0.717) is 17.8 Å². The monoisotopic (exact) mass is 279 g/mol. The van der Waals surface area contributed by atoms with Gasteiger partial charge < -0.3 is 11.1 Å². The lowest BCUT2D eigenvalue weighted by Crippen LogP contribution is -2.14. The number of carbonyl (C=O) groups excluding carboxylic acids is 1. The Kier molecular flexibility index (Phi) is 3.97. The molecule has 0 aliphatic carbocycles. The molecule has 4 nitrogen and oxygen atoms in total. The number of carbonyl (C=O) groups is 1. The Morgan fingerprint density at radius 1 is 1.42 bits per heavy atom. The minimum atomic E-state index is -0.562. The maximum Gasteiger partial charge on any atom is 0.252 e. The number of nitrogens with one attached hydrogen (secondary N) is 1. The summed E-state index contributed by atoms with van der Waals surface area (Å²) in [6, 6.07) is 6.07. The maximum absolute atomic E-state index is 13.0. The van der Waals surface area contributed by atoms with E-state index in [1.807, 2.05) is 0 Å². The van der Waals surface area contributed by atoms with Gasteiger partial charge in [0.2, 0.25) is 0 Å². The van der Waals surface area contributed by atoms with Gasteiger partial charge in [-0.2, -0.15) is 0 Å². The molecule has 2 aromatic rings. The van der Waals surface area contributed by atoms with E-state index in [0.717, 1.165) is 5.56 Å². The molecule has 0 saturated heterocycles. The number of halogens is 2. The van der Waals surface area contributed by atoms with Crippen LogP contribution < -0.4 is 11.1 Å². The van der Waals surface area contributed by atoms with E-state index in [9.17, 15) is 9.18 Å². The Hall–Kier alpha value is -2.14. The minimum Gasteiger partial charge on any atom is -0.380 e. The second kappa shape index (κ2) is 5.67. The van der Waals surface area contributed by atoms with Crippen molar-refractivity contribution in [1.29, 1.82) is 0 Å². The molecule has 0 fully saturated rings. The number of amides is 1. The van der Waals surface area contributed by atoms with Crippen molar-refractivity contribution in [3.8, 4) is 0 Å². The zero-order valence-electron chi connectivity index (χ0n) is 9.86. The topological polar surface area (TPSA) is 68.0 Å². The third-order valence-electron chi connectivity index (χ3n) is 2.55. The highest BCUT2D eigenvalue weighted by Gasteiger charge is 2.08. The second-order valence-corrected chi connectivity index (χ2v) is 4.29. The maximum atomic E-state index is 13.0. The van der Waals surface area contributed by atoms with Gasteiger partial charge in [0.05, 0.1) is 16.3 Å². The highest BCUT2D eigenvalue weighted by molar-refractivity contribution is 6.30. The number of hydrogen-bond donors (Lipinski definition) is 2. The molecule has 6 heteroatoms. The quantitative estimate of drug-likeness (QED) is 0.904. The Bertz CT molecular complexity index is 619. The van der Waals surface area contributed by atoms with E-state index >= 15 is 0 Å². The highest BCUT2D eigenvalue weighted by atomic mass is 35.5. The van der Waals surface area contributed by atoms with Gasteiger partial charge in [-0.1, -0.05) is 17.7 Å². The number of anilines is 1. The van der Waals surface area contributed by atoms with Crippen molar-refractivity contribution in [2.75, 3.05) is 5.32 Å². The SMILES string of the molecule is NC(=O)c1cnccc1NCc1ccc(F)c(Cl)c1. The molecule has 1 amide bonds. The molecule has 19 heavy (non-hydrogen) atoms. The number of pyridine rings is 1. The van der Waals surface area contributed by atoms with Crippen LogP contribution in [0.3, 0.4) is 0 Å². The fourth-order valence-corrected chi connectivity index (χ4v) is 1.79. The number of hydrogen-bond acceptors (Lipinski definition) is 3. The second-order valence-electron chi connectivity index (χ2n) is 3.89. The summed E-state index contributed by atoms with van der Waals surface area (Å²) in [4.78, 5) is 15.0. The number of nitrogens with two attached hydrogens (primary N) is 1. The zero-order valence-corrected chi connectivity index (χ0v) is 10.6. The number of aromatic nitrogens is 1. The van der Waals surface area contributed by atoms with Crippen molar-refractivity contribution in [1.82, 2.24) is 4.98 Å². The third-order valence-corrected chi connectivity index (χ3v) is 2.84. The summed E-state index contributed by atoms with van der Waals surface area (Å²) in [5.74, 6) is -1.03. The average molecular weight is 280 g/mol. The molecule has 1 aromatic heterocycles. The van der Waals surface area contributed by atoms with Crippen LogP contribution in [0.25, 0.3) is 0 Å². The number of nitrogens with zero attached hydrogens (tertiary/aromatic N) is 1. The first-order chi connectivity index (χ1) is 9.08. The van der Waals surface area contributed by atoms with Crippen molar-refractivity contribution < 1.29 is 9.18 Å². The predicted molar refractivity (Wildman–Crippen MR) is 71.5 cm³/mol. The van der Waals surface area contributed by atoms with Gasteiger partial charge in [-0.05, 0) is 23.8 Å². The molecule has 0 atom stereocenters. The van der Waals surface area contributed by atoms with Crippen LogP contribution in [0.2, 0.25) is 5.02 Å². The lowest BCUT2D eigenvalue weighted by molar-refractivity contribution is 0.100. The third kappa shape index (κ3) is 3.20. The summed E-state index contributed by atoms with van der Waals surface area (Å²) in [5, 5.41) is 3.10. The standard InChI is InChI=1S/C13H11ClFN3O/c14-10-5-8(1-2-11(10)15)6-18-12-3-4-17-7-9(12)13(16)19/h1-5,7H,6H2,(H2,16,19)(H,17,18). The van der Waals surface area contributed by atoms with Crippen molar-refractivity contribution in [2.24, 2.45) is 5.73 Å². The summed E-state index contributed by atoms with van der Waals surface area (Å²) < 4.78 is 13.0. The van der Waals surface area contributed by atoms with Gasteiger partial charge >= 0.3 is 0 Å². The average Bonchev–Trinajstić information content (AvgIpc) is 2.40. The molecule has 2 rings (SSSR count). The molecular formula is C13H11ClFN3O. The fourth-order valence-electron chi connectivity index (χ4n) is 1.59. The molecule has 0 aliphatic heterocycles. The lowest BCUT2D eigenvalue weighted by Gasteiger charge is -2.09. The van der Waals surface area contributed by atoms with E-state index < -0.39 is 11.7 Å². The molecule has 0 saturated carbocycles. The van der Waals surface area contributed by atoms with Gasteiger partial charge in [-0.3, -0.25) is 9.78 Å². The molecule has 0 bridgehead atoms. The van der Waals surface area contributed by atoms with Crippen LogP contribution in [0.15, 0.2) is 36.7 Å². The Labute approximate surface area is 114 Å². The van der Waals surface area contributed by atoms with Crippen molar-refractivity contribution in [2.45, 2.75) is 6.54 Å². The van der Waals surface area contributed by atoms with E-state index in [2.05, 4.69) is 10.3 Å². The van der Waals surface area contributed by atoms with Crippen LogP contribution in [0.5, 0.6) is 0 Å². The van der Waals surface area contributed by atoms with Crippen LogP contribution >= 0.6 is 11.6 Å². The van der Waals surface area contributed by atoms with Crippen molar-refractivity contribution in [3.63, 3.8) is 0 Å². The molecule has 0 radical (unpaired) electrons. The van der Waals surface area contributed by atoms with Gasteiger partial charge in [0.15, 0.2) is 0 Å². The summed E-state index contributed by atoms with van der Waals surface area (Å²) in [7, 11) is 0. The molecule has 0 aliphatic rings. The Morgan fingerprint density at radius 3 is 2.89 bits per heavy atom. The van der Waals surface area contributed by atoms with Crippen LogP contribution in [0.4, 0.5) is 10.1 Å². The van der Waals surface area contributed by atoms with Crippen LogP contribution in [0.1, 0.15) is 15.9 Å². The first-order valence-electron chi connectivity index (χ1n) is 5.49. The Balaban J connectivity index is 2.14. The molecule has 98 valence electrons. The van der Waals surface area contributed by atoms with Crippen LogP contribution in [-0.2, 0) is 6.54 Å². The molecule has 3 N–H and O–H groups in total. The van der Waals surface area contributed by atoms with E-state index in [1.165, 1.54) is 18.3 Å². The van der Waals surface area contributed by atoms with Gasteiger partial charge in [0, 0.05) is 18.9 Å². The number of benzene rings is 1. The zero-order chi connectivity index (χ0) is 13.8. The lowest BCUT2D eigenvalue weighted by atomic mass is 10.2. The Morgan fingerprint density at radius 2 is 2.21 bits per heavy atom. The highest BCUT2D eigenvalue weighted by Crippen LogP contribution is 2.18. The molecule has 0 unspecified atom stereocenters. The van der Waals surface area contributed by atoms with Crippen molar-refractivity contribution in [3.05, 3.63) is 58.6 Å². The fraction of sp³-hybridized carbons (Fsp3) is 0.0769. The normalized spacial score (nSPS) is 10.2. The molecule has 1 aromatic carbocycles. The molecule has 1 heterocycles. The first kappa shape index (κ1) is 13.3. The van der Waals surface area contributed by atoms with Gasteiger partial charge in [0.25, 0.3) is 5.91 Å². The van der Waals surface area contributed by atoms with E-state index in [-0.39, 0.29) is 5.02 Å². The van der Waals surface area contributed by atoms with Gasteiger partial charge in [0.1, 0.15) is 5.82 Å².